The number of ether oxygens (including phenoxy) is 1. The van der Waals surface area contributed by atoms with Gasteiger partial charge in [0.2, 0.25) is 5.91 Å². The fourth-order valence-corrected chi connectivity index (χ4v) is 5.62. The van der Waals surface area contributed by atoms with Crippen molar-refractivity contribution in [1.29, 1.82) is 0 Å². The highest BCUT2D eigenvalue weighted by Crippen LogP contribution is 2.45. The zero-order valence-electron chi connectivity index (χ0n) is 19.3. The lowest BCUT2D eigenvalue weighted by molar-refractivity contribution is -0.148. The summed E-state index contributed by atoms with van der Waals surface area (Å²) in [6.45, 7) is 2.53. The zero-order valence-corrected chi connectivity index (χ0v) is 19.3. The second-order valence-corrected chi connectivity index (χ2v) is 9.90. The molecule has 1 aliphatic heterocycles. The molecule has 3 aliphatic rings. The van der Waals surface area contributed by atoms with Crippen LogP contribution in [0.25, 0.3) is 11.1 Å². The van der Waals surface area contributed by atoms with Crippen molar-refractivity contribution >= 4 is 18.0 Å². The van der Waals surface area contributed by atoms with Crippen molar-refractivity contribution in [2.24, 2.45) is 5.92 Å². The average Bonchev–Trinajstić information content (AvgIpc) is 3.48. The Labute approximate surface area is 199 Å². The summed E-state index contributed by atoms with van der Waals surface area (Å²) in [6, 6.07) is 15.6. The van der Waals surface area contributed by atoms with Crippen molar-refractivity contribution in [2.45, 2.75) is 56.5 Å². The molecule has 178 valence electrons. The summed E-state index contributed by atoms with van der Waals surface area (Å²) in [5, 5.41) is 12.4. The third-order valence-corrected chi connectivity index (χ3v) is 7.59. The number of amides is 2. The van der Waals surface area contributed by atoms with E-state index in [0.29, 0.717) is 19.4 Å². The number of fused-ring (bicyclic) bond motifs is 3. The average molecular weight is 463 g/mol. The second kappa shape index (κ2) is 8.78. The van der Waals surface area contributed by atoms with Gasteiger partial charge in [0.05, 0.1) is 12.0 Å². The summed E-state index contributed by atoms with van der Waals surface area (Å²) in [5.41, 5.74) is 3.86. The van der Waals surface area contributed by atoms with Crippen LogP contribution in [0.5, 0.6) is 0 Å². The van der Waals surface area contributed by atoms with E-state index in [1.165, 1.54) is 16.0 Å². The molecule has 1 unspecified atom stereocenters. The Hall–Kier alpha value is -3.35. The number of carboxylic acid groups (broad SMARTS) is 1. The van der Waals surface area contributed by atoms with Crippen LogP contribution in [-0.2, 0) is 14.3 Å². The molecule has 2 atom stereocenters. The Kier molecular flexibility index (Phi) is 5.80. The van der Waals surface area contributed by atoms with E-state index in [2.05, 4.69) is 29.6 Å². The molecule has 34 heavy (non-hydrogen) atoms. The number of likely N-dealkylation sites (tertiary alicyclic amines) is 1. The third kappa shape index (κ3) is 4.15. The number of hydrogen-bond donors (Lipinski definition) is 2. The predicted octanol–water partition coefficient (Wildman–Crippen LogP) is 4.16. The molecule has 2 aromatic carbocycles. The topological polar surface area (TPSA) is 95.9 Å². The minimum Gasteiger partial charge on any atom is -0.480 e. The van der Waals surface area contributed by atoms with Gasteiger partial charge in [0.15, 0.2) is 0 Å². The van der Waals surface area contributed by atoms with Crippen LogP contribution in [0.15, 0.2) is 48.5 Å². The van der Waals surface area contributed by atoms with Gasteiger partial charge in [-0.3, -0.25) is 4.79 Å². The molecular weight excluding hydrogens is 432 g/mol. The standard InChI is InChI=1S/C27H30N2O5/c1-27(17-12-13-17,15-24(30)29-14-6-11-23(29)25(31)32)28-26(33)34-16-22-20-9-4-2-7-18(20)19-8-3-5-10-21(19)22/h2-5,7-10,17,22-23H,6,11-16H2,1H3,(H,28,33)(H,31,32)/t23-,27?/m0/s1. The summed E-state index contributed by atoms with van der Waals surface area (Å²) >= 11 is 0. The van der Waals surface area contributed by atoms with Gasteiger partial charge < -0.3 is 20.1 Å². The van der Waals surface area contributed by atoms with E-state index in [-0.39, 0.29) is 30.8 Å². The number of nitrogens with one attached hydrogen (secondary N) is 1. The Morgan fingerprint density at radius 2 is 1.65 bits per heavy atom. The largest absolute Gasteiger partial charge is 0.480 e. The van der Waals surface area contributed by atoms with Crippen LogP contribution in [0, 0.1) is 5.92 Å². The van der Waals surface area contributed by atoms with E-state index in [1.54, 1.807) is 0 Å². The van der Waals surface area contributed by atoms with E-state index in [1.807, 2.05) is 31.2 Å². The summed E-state index contributed by atoms with van der Waals surface area (Å²) in [7, 11) is 0. The molecule has 7 nitrogen and oxygen atoms in total. The van der Waals surface area contributed by atoms with Gasteiger partial charge >= 0.3 is 12.1 Å². The fraction of sp³-hybridized carbons (Fsp3) is 0.444. The second-order valence-electron chi connectivity index (χ2n) is 9.90. The molecule has 0 radical (unpaired) electrons. The normalized spacial score (nSPS) is 20.9. The fourth-order valence-electron chi connectivity index (χ4n) is 5.62. The molecule has 0 aromatic heterocycles. The van der Waals surface area contributed by atoms with Crippen molar-refractivity contribution < 1.29 is 24.2 Å². The molecule has 0 spiro atoms. The lowest BCUT2D eigenvalue weighted by atomic mass is 9.91. The van der Waals surface area contributed by atoms with Crippen molar-refractivity contribution in [3.05, 3.63) is 59.7 Å². The summed E-state index contributed by atoms with van der Waals surface area (Å²) in [6.07, 6.45) is 2.54. The lowest BCUT2D eigenvalue weighted by Crippen LogP contribution is -2.52. The molecule has 2 fully saturated rings. The lowest BCUT2D eigenvalue weighted by Gasteiger charge is -2.33. The molecule has 2 amide bonds. The third-order valence-electron chi connectivity index (χ3n) is 7.59. The molecule has 2 aromatic rings. The quantitative estimate of drug-likeness (QED) is 0.644. The maximum absolute atomic E-state index is 13.0. The smallest absolute Gasteiger partial charge is 0.407 e. The summed E-state index contributed by atoms with van der Waals surface area (Å²) < 4.78 is 5.71. The number of aliphatic carboxylic acids is 1. The first-order valence-corrected chi connectivity index (χ1v) is 12.0. The highest BCUT2D eigenvalue weighted by molar-refractivity contribution is 5.85. The van der Waals surface area contributed by atoms with Crippen molar-refractivity contribution in [3.63, 3.8) is 0 Å². The maximum Gasteiger partial charge on any atom is 0.407 e. The molecule has 1 heterocycles. The van der Waals surface area contributed by atoms with Crippen molar-refractivity contribution in [1.82, 2.24) is 10.2 Å². The monoisotopic (exact) mass is 462 g/mol. The molecule has 0 bridgehead atoms. The molecule has 1 saturated carbocycles. The van der Waals surface area contributed by atoms with Crippen LogP contribution in [0.2, 0.25) is 0 Å². The van der Waals surface area contributed by atoms with Crippen LogP contribution in [-0.4, -0.2) is 52.7 Å². The number of hydrogen-bond acceptors (Lipinski definition) is 4. The number of alkyl carbamates (subject to hydrolysis) is 1. The van der Waals surface area contributed by atoms with Crippen molar-refractivity contribution in [3.8, 4) is 11.1 Å². The Bertz CT molecular complexity index is 1080. The van der Waals surface area contributed by atoms with Gasteiger partial charge in [-0.05, 0) is 60.8 Å². The SMILES string of the molecule is CC(CC(=O)N1CCC[C@H]1C(=O)O)(NC(=O)OCC1c2ccccc2-c2ccccc21)C1CC1. The Morgan fingerprint density at radius 3 is 2.24 bits per heavy atom. The van der Waals surface area contributed by atoms with Gasteiger partial charge in [-0.15, -0.1) is 0 Å². The number of nitrogens with zero attached hydrogens (tertiary/aromatic N) is 1. The highest BCUT2D eigenvalue weighted by Gasteiger charge is 2.46. The van der Waals surface area contributed by atoms with Gasteiger partial charge in [-0.25, -0.2) is 9.59 Å². The van der Waals surface area contributed by atoms with Crippen LogP contribution in [0.1, 0.15) is 56.1 Å². The molecule has 2 N–H and O–H groups in total. The van der Waals surface area contributed by atoms with Crippen LogP contribution >= 0.6 is 0 Å². The van der Waals surface area contributed by atoms with Gasteiger partial charge in [0.25, 0.3) is 0 Å². The first-order chi connectivity index (χ1) is 16.4. The molecule has 1 saturated heterocycles. The number of rotatable bonds is 7. The number of benzene rings is 2. The van der Waals surface area contributed by atoms with Gasteiger partial charge in [0, 0.05) is 12.5 Å². The molecular formula is C27H30N2O5. The number of carbonyl (C=O) groups excluding carboxylic acids is 2. The van der Waals surface area contributed by atoms with Gasteiger partial charge in [-0.2, -0.15) is 0 Å². The first kappa shape index (κ1) is 22.4. The molecule has 5 rings (SSSR count). The number of carboxylic acids is 1. The van der Waals surface area contributed by atoms with E-state index >= 15 is 0 Å². The minimum atomic E-state index is -0.969. The van der Waals surface area contributed by atoms with Gasteiger partial charge in [-0.1, -0.05) is 48.5 Å². The van der Waals surface area contributed by atoms with E-state index in [4.69, 9.17) is 4.74 Å². The van der Waals surface area contributed by atoms with Gasteiger partial charge in [0.1, 0.15) is 12.6 Å². The highest BCUT2D eigenvalue weighted by atomic mass is 16.5. The molecule has 7 heteroatoms. The first-order valence-electron chi connectivity index (χ1n) is 12.0. The van der Waals surface area contributed by atoms with Crippen LogP contribution in [0.4, 0.5) is 4.79 Å². The van der Waals surface area contributed by atoms with E-state index in [9.17, 15) is 19.5 Å². The van der Waals surface area contributed by atoms with Crippen LogP contribution in [0.3, 0.4) is 0 Å². The minimum absolute atomic E-state index is 0.0344. The molecule has 2 aliphatic carbocycles. The van der Waals surface area contributed by atoms with E-state index < -0.39 is 23.6 Å². The summed E-state index contributed by atoms with van der Waals surface area (Å²) in [4.78, 5) is 38.9. The predicted molar refractivity (Wildman–Crippen MR) is 126 cm³/mol. The Morgan fingerprint density at radius 1 is 1.03 bits per heavy atom. The van der Waals surface area contributed by atoms with Crippen molar-refractivity contribution in [2.75, 3.05) is 13.2 Å². The maximum atomic E-state index is 13.0. The van der Waals surface area contributed by atoms with E-state index in [0.717, 1.165) is 24.0 Å². The van der Waals surface area contributed by atoms with Crippen LogP contribution < -0.4 is 5.32 Å². The number of carbonyl (C=O) groups is 3. The summed E-state index contributed by atoms with van der Waals surface area (Å²) in [5.74, 6) is -1.04. The Balaban J connectivity index is 1.25. The zero-order chi connectivity index (χ0) is 23.9.